The highest BCUT2D eigenvalue weighted by atomic mass is 16.3. The lowest BCUT2D eigenvalue weighted by Gasteiger charge is -2.13. The minimum atomic E-state index is -0.590. The highest BCUT2D eigenvalue weighted by molar-refractivity contribution is 5.85. The van der Waals surface area contributed by atoms with Crippen LogP contribution in [0.3, 0.4) is 0 Å². The molecule has 0 aliphatic carbocycles. The van der Waals surface area contributed by atoms with Gasteiger partial charge in [0.25, 0.3) is 0 Å². The monoisotopic (exact) mass is 269 g/mol. The van der Waals surface area contributed by atoms with Gasteiger partial charge in [-0.25, -0.2) is 9.97 Å². The Bertz CT molecular complexity index is 707. The summed E-state index contributed by atoms with van der Waals surface area (Å²) in [6.45, 7) is 2.39. The van der Waals surface area contributed by atoms with E-state index in [9.17, 15) is 5.11 Å². The summed E-state index contributed by atoms with van der Waals surface area (Å²) < 4.78 is 0. The van der Waals surface area contributed by atoms with Crippen LogP contribution >= 0.6 is 0 Å². The number of hydrogen-bond donors (Lipinski definition) is 3. The molecule has 0 amide bonds. The second-order valence-corrected chi connectivity index (χ2v) is 4.66. The Kier molecular flexibility index (Phi) is 3.30. The van der Waals surface area contributed by atoms with Crippen molar-refractivity contribution in [1.82, 2.24) is 20.2 Å². The van der Waals surface area contributed by atoms with E-state index in [2.05, 4.69) is 25.5 Å². The van der Waals surface area contributed by atoms with Crippen LogP contribution in [-0.4, -0.2) is 31.8 Å². The molecule has 3 rings (SSSR count). The third-order valence-corrected chi connectivity index (χ3v) is 3.17. The summed E-state index contributed by atoms with van der Waals surface area (Å²) in [6, 6.07) is 7.82. The predicted octanol–water partition coefficient (Wildman–Crippen LogP) is 1.81. The van der Waals surface area contributed by atoms with E-state index in [1.54, 1.807) is 6.20 Å². The van der Waals surface area contributed by atoms with Gasteiger partial charge in [0, 0.05) is 6.54 Å². The van der Waals surface area contributed by atoms with Gasteiger partial charge in [0.1, 0.15) is 12.1 Å². The number of H-pyrrole nitrogens is 1. The normalized spacial score (nSPS) is 12.5. The van der Waals surface area contributed by atoms with Crippen molar-refractivity contribution in [2.75, 3.05) is 11.9 Å². The number of benzene rings is 1. The number of rotatable bonds is 4. The molecular weight excluding hydrogens is 254 g/mol. The summed E-state index contributed by atoms with van der Waals surface area (Å²) in [6.07, 6.45) is 2.53. The zero-order valence-electron chi connectivity index (χ0n) is 11.0. The fourth-order valence-corrected chi connectivity index (χ4v) is 2.01. The molecule has 0 saturated heterocycles. The topological polar surface area (TPSA) is 86.7 Å². The molecule has 0 bridgehead atoms. The van der Waals surface area contributed by atoms with Crippen LogP contribution in [0.15, 0.2) is 36.8 Å². The van der Waals surface area contributed by atoms with Crippen LogP contribution in [0.4, 0.5) is 5.82 Å². The first-order valence-electron chi connectivity index (χ1n) is 6.36. The molecule has 3 N–H and O–H groups in total. The van der Waals surface area contributed by atoms with Crippen LogP contribution in [0.25, 0.3) is 11.0 Å². The molecule has 0 radical (unpaired) electrons. The van der Waals surface area contributed by atoms with Gasteiger partial charge in [-0.1, -0.05) is 29.8 Å². The van der Waals surface area contributed by atoms with E-state index in [4.69, 9.17) is 0 Å². The predicted molar refractivity (Wildman–Crippen MR) is 76.3 cm³/mol. The first-order valence-corrected chi connectivity index (χ1v) is 6.36. The van der Waals surface area contributed by atoms with Crippen LogP contribution in [-0.2, 0) is 0 Å². The van der Waals surface area contributed by atoms with Crippen LogP contribution in [0.2, 0.25) is 0 Å². The van der Waals surface area contributed by atoms with Crippen molar-refractivity contribution < 1.29 is 5.11 Å². The largest absolute Gasteiger partial charge is 0.387 e. The summed E-state index contributed by atoms with van der Waals surface area (Å²) in [7, 11) is 0. The summed E-state index contributed by atoms with van der Waals surface area (Å²) in [5.74, 6) is 0.662. The summed E-state index contributed by atoms with van der Waals surface area (Å²) in [5.41, 5.74) is 2.72. The number of nitrogens with zero attached hydrogens (tertiary/aromatic N) is 3. The molecule has 0 fully saturated rings. The summed E-state index contributed by atoms with van der Waals surface area (Å²) >= 11 is 0. The van der Waals surface area contributed by atoms with Gasteiger partial charge < -0.3 is 10.4 Å². The van der Waals surface area contributed by atoms with Gasteiger partial charge in [-0.15, -0.1) is 0 Å². The fraction of sp³-hybridized carbons (Fsp3) is 0.214. The van der Waals surface area contributed by atoms with Gasteiger partial charge >= 0.3 is 0 Å². The van der Waals surface area contributed by atoms with Crippen molar-refractivity contribution in [2.24, 2.45) is 0 Å². The van der Waals surface area contributed by atoms with Gasteiger partial charge in [0.05, 0.1) is 17.7 Å². The molecule has 102 valence electrons. The van der Waals surface area contributed by atoms with Crippen molar-refractivity contribution in [1.29, 1.82) is 0 Å². The minimum absolute atomic E-state index is 0.375. The number of aliphatic hydroxyl groups excluding tert-OH is 1. The van der Waals surface area contributed by atoms with Crippen molar-refractivity contribution >= 4 is 16.9 Å². The molecule has 0 spiro atoms. The average Bonchev–Trinajstić information content (AvgIpc) is 2.94. The van der Waals surface area contributed by atoms with E-state index >= 15 is 0 Å². The maximum Gasteiger partial charge on any atom is 0.160 e. The Morgan fingerprint density at radius 3 is 2.85 bits per heavy atom. The number of aromatic amines is 1. The van der Waals surface area contributed by atoms with E-state index in [-0.39, 0.29) is 0 Å². The first kappa shape index (κ1) is 12.6. The Morgan fingerprint density at radius 1 is 1.25 bits per heavy atom. The smallest absolute Gasteiger partial charge is 0.160 e. The lowest BCUT2D eigenvalue weighted by Crippen LogP contribution is -2.13. The van der Waals surface area contributed by atoms with Gasteiger partial charge in [0.2, 0.25) is 0 Å². The lowest BCUT2D eigenvalue weighted by atomic mass is 10.1. The zero-order valence-corrected chi connectivity index (χ0v) is 11.0. The number of anilines is 1. The van der Waals surface area contributed by atoms with Crippen LogP contribution < -0.4 is 5.32 Å². The molecular formula is C14H15N5O. The molecule has 1 atom stereocenters. The zero-order chi connectivity index (χ0) is 13.9. The highest BCUT2D eigenvalue weighted by Crippen LogP contribution is 2.18. The molecule has 2 aromatic heterocycles. The van der Waals surface area contributed by atoms with Crippen LogP contribution in [0, 0.1) is 6.92 Å². The van der Waals surface area contributed by atoms with Crippen molar-refractivity contribution in [3.05, 3.63) is 47.9 Å². The molecule has 0 aliphatic heterocycles. The molecule has 6 nitrogen and oxygen atoms in total. The van der Waals surface area contributed by atoms with Crippen molar-refractivity contribution in [3.63, 3.8) is 0 Å². The van der Waals surface area contributed by atoms with Gasteiger partial charge in [-0.05, 0) is 12.5 Å². The van der Waals surface area contributed by atoms with Crippen molar-refractivity contribution in [2.45, 2.75) is 13.0 Å². The van der Waals surface area contributed by atoms with Gasteiger partial charge in [-0.2, -0.15) is 5.10 Å². The minimum Gasteiger partial charge on any atom is -0.387 e. The SMILES string of the molecule is Cc1ccc(C(O)CNc2ncnc3[nH]ncc23)cc1. The number of fused-ring (bicyclic) bond motifs is 1. The van der Waals surface area contributed by atoms with Crippen LogP contribution in [0.5, 0.6) is 0 Å². The highest BCUT2D eigenvalue weighted by Gasteiger charge is 2.09. The maximum atomic E-state index is 10.2. The Balaban J connectivity index is 1.73. The molecule has 6 heteroatoms. The van der Waals surface area contributed by atoms with E-state index in [1.807, 2.05) is 31.2 Å². The number of aromatic nitrogens is 4. The second-order valence-electron chi connectivity index (χ2n) is 4.66. The summed E-state index contributed by atoms with van der Waals surface area (Å²) in [5, 5.41) is 20.8. The Labute approximate surface area is 115 Å². The Morgan fingerprint density at radius 2 is 2.05 bits per heavy atom. The number of hydrogen-bond acceptors (Lipinski definition) is 5. The fourth-order valence-electron chi connectivity index (χ4n) is 2.01. The molecule has 0 aliphatic rings. The lowest BCUT2D eigenvalue weighted by molar-refractivity contribution is 0.191. The molecule has 1 aromatic carbocycles. The number of aliphatic hydroxyl groups is 1. The second kappa shape index (κ2) is 5.26. The van der Waals surface area contributed by atoms with Crippen LogP contribution in [0.1, 0.15) is 17.2 Å². The third kappa shape index (κ3) is 2.46. The molecule has 3 aromatic rings. The van der Waals surface area contributed by atoms with E-state index in [0.29, 0.717) is 18.0 Å². The van der Waals surface area contributed by atoms with Gasteiger partial charge in [-0.3, -0.25) is 5.10 Å². The molecule has 1 unspecified atom stereocenters. The van der Waals surface area contributed by atoms with E-state index < -0.39 is 6.10 Å². The number of aryl methyl sites for hydroxylation is 1. The average molecular weight is 269 g/mol. The maximum absolute atomic E-state index is 10.2. The van der Waals surface area contributed by atoms with Crippen molar-refractivity contribution in [3.8, 4) is 0 Å². The number of nitrogens with one attached hydrogen (secondary N) is 2. The Hall–Kier alpha value is -2.47. The van der Waals surface area contributed by atoms with E-state index in [1.165, 1.54) is 11.9 Å². The molecule has 20 heavy (non-hydrogen) atoms. The molecule has 0 saturated carbocycles. The third-order valence-electron chi connectivity index (χ3n) is 3.17. The summed E-state index contributed by atoms with van der Waals surface area (Å²) in [4.78, 5) is 8.23. The standard InChI is InChI=1S/C14H15N5O/c1-9-2-4-10(5-3-9)12(20)7-15-13-11-6-18-19-14(11)17-8-16-13/h2-6,8,12,20H,7H2,1H3,(H2,15,16,17,18,19). The quantitative estimate of drug-likeness (QED) is 0.672. The first-order chi connectivity index (χ1) is 9.74. The van der Waals surface area contributed by atoms with Gasteiger partial charge in [0.15, 0.2) is 5.65 Å². The van der Waals surface area contributed by atoms with E-state index in [0.717, 1.165) is 10.9 Å². The molecule has 2 heterocycles.